The number of hydrogen-bond donors (Lipinski definition) is 1. The molecule has 1 aliphatic heterocycles. The van der Waals surface area contributed by atoms with Crippen LogP contribution in [0.3, 0.4) is 0 Å². The highest BCUT2D eigenvalue weighted by Crippen LogP contribution is 2.38. The molecular weight excluding hydrogens is 310 g/mol. The number of ether oxygens (including phenoxy) is 1. The SMILES string of the molecule is COC1CCCCN(CC(=O)NCc2nnc(C3CC3)n2C)C1=O. The summed E-state index contributed by atoms with van der Waals surface area (Å²) >= 11 is 0. The van der Waals surface area contributed by atoms with Crippen molar-refractivity contribution in [2.24, 2.45) is 7.05 Å². The normalized spacial score (nSPS) is 21.7. The van der Waals surface area contributed by atoms with Crippen molar-refractivity contribution in [2.75, 3.05) is 20.2 Å². The molecule has 2 amide bonds. The van der Waals surface area contributed by atoms with Crippen molar-refractivity contribution in [1.29, 1.82) is 0 Å². The molecule has 0 radical (unpaired) electrons. The van der Waals surface area contributed by atoms with Crippen LogP contribution in [0.15, 0.2) is 0 Å². The fraction of sp³-hybridized carbons (Fsp3) is 0.750. The number of carbonyl (C=O) groups excluding carboxylic acids is 2. The summed E-state index contributed by atoms with van der Waals surface area (Å²) in [5.74, 6) is 1.97. The molecule has 1 aromatic rings. The first-order valence-corrected chi connectivity index (χ1v) is 8.56. The highest BCUT2D eigenvalue weighted by molar-refractivity contribution is 5.87. The van der Waals surface area contributed by atoms with Crippen LogP contribution in [0.1, 0.15) is 49.7 Å². The molecule has 132 valence electrons. The van der Waals surface area contributed by atoms with Crippen LogP contribution in [0, 0.1) is 0 Å². The number of aromatic nitrogens is 3. The minimum atomic E-state index is -0.430. The Bertz CT molecular complexity index is 611. The summed E-state index contributed by atoms with van der Waals surface area (Å²) < 4.78 is 7.18. The third-order valence-corrected chi connectivity index (χ3v) is 4.74. The van der Waals surface area contributed by atoms with Crippen molar-refractivity contribution in [3.05, 3.63) is 11.6 Å². The molecule has 2 fully saturated rings. The molecule has 2 aliphatic rings. The fourth-order valence-electron chi connectivity index (χ4n) is 3.08. The molecular formula is C16H25N5O3. The summed E-state index contributed by atoms with van der Waals surface area (Å²) in [6.45, 7) is 0.985. The van der Waals surface area contributed by atoms with E-state index in [0.29, 0.717) is 19.0 Å². The molecule has 8 heteroatoms. The van der Waals surface area contributed by atoms with Crippen molar-refractivity contribution < 1.29 is 14.3 Å². The Hall–Kier alpha value is -1.96. The maximum absolute atomic E-state index is 12.3. The van der Waals surface area contributed by atoms with Crippen LogP contribution in [0.4, 0.5) is 0 Å². The number of amides is 2. The minimum absolute atomic E-state index is 0.0615. The molecule has 1 N–H and O–H groups in total. The summed E-state index contributed by atoms with van der Waals surface area (Å²) in [4.78, 5) is 26.1. The molecule has 1 atom stereocenters. The predicted molar refractivity (Wildman–Crippen MR) is 86.1 cm³/mol. The average Bonchev–Trinajstić information content (AvgIpc) is 3.36. The van der Waals surface area contributed by atoms with Crippen LogP contribution in [0.5, 0.6) is 0 Å². The lowest BCUT2D eigenvalue weighted by Gasteiger charge is -2.23. The molecule has 1 aliphatic carbocycles. The lowest BCUT2D eigenvalue weighted by atomic mass is 10.2. The second-order valence-electron chi connectivity index (χ2n) is 6.56. The van der Waals surface area contributed by atoms with Crippen molar-refractivity contribution in [3.8, 4) is 0 Å². The van der Waals surface area contributed by atoms with Gasteiger partial charge in [0.1, 0.15) is 11.9 Å². The van der Waals surface area contributed by atoms with Gasteiger partial charge in [0.15, 0.2) is 5.82 Å². The van der Waals surface area contributed by atoms with E-state index >= 15 is 0 Å². The molecule has 24 heavy (non-hydrogen) atoms. The van der Waals surface area contributed by atoms with Gasteiger partial charge in [0, 0.05) is 26.6 Å². The summed E-state index contributed by atoms with van der Waals surface area (Å²) in [5, 5.41) is 11.2. The highest BCUT2D eigenvalue weighted by atomic mass is 16.5. The molecule has 1 aromatic heterocycles. The predicted octanol–water partition coefficient (Wildman–Crippen LogP) is 0.336. The minimum Gasteiger partial charge on any atom is -0.372 e. The quantitative estimate of drug-likeness (QED) is 0.809. The van der Waals surface area contributed by atoms with Gasteiger partial charge in [-0.25, -0.2) is 0 Å². The lowest BCUT2D eigenvalue weighted by molar-refractivity contribution is -0.144. The standard InChI is InChI=1S/C16H25N5O3/c1-20-13(18-19-15(20)11-6-7-11)9-17-14(22)10-21-8-4-3-5-12(24-2)16(21)23/h11-12H,3-10H2,1-2H3,(H,17,22). The summed E-state index contributed by atoms with van der Waals surface area (Å²) in [6.07, 6.45) is 4.45. The van der Waals surface area contributed by atoms with Gasteiger partial charge in [-0.3, -0.25) is 9.59 Å². The van der Waals surface area contributed by atoms with Crippen LogP contribution >= 0.6 is 0 Å². The van der Waals surface area contributed by atoms with E-state index in [0.717, 1.165) is 43.8 Å². The van der Waals surface area contributed by atoms with Gasteiger partial charge in [-0.15, -0.1) is 10.2 Å². The van der Waals surface area contributed by atoms with Crippen molar-refractivity contribution >= 4 is 11.8 Å². The third-order valence-electron chi connectivity index (χ3n) is 4.74. The summed E-state index contributed by atoms with van der Waals surface area (Å²) in [7, 11) is 3.47. The number of likely N-dealkylation sites (tertiary alicyclic amines) is 1. The van der Waals surface area contributed by atoms with Crippen LogP contribution < -0.4 is 5.32 Å². The van der Waals surface area contributed by atoms with E-state index in [4.69, 9.17) is 4.74 Å². The topological polar surface area (TPSA) is 89.3 Å². The zero-order chi connectivity index (χ0) is 17.1. The third kappa shape index (κ3) is 3.75. The summed E-state index contributed by atoms with van der Waals surface area (Å²) in [6, 6.07) is 0. The fourth-order valence-corrected chi connectivity index (χ4v) is 3.08. The zero-order valence-corrected chi connectivity index (χ0v) is 14.3. The van der Waals surface area contributed by atoms with Crippen molar-refractivity contribution in [2.45, 2.75) is 50.7 Å². The van der Waals surface area contributed by atoms with Crippen LogP contribution in [0.2, 0.25) is 0 Å². The molecule has 1 saturated heterocycles. The van der Waals surface area contributed by atoms with Crippen LogP contribution in [0.25, 0.3) is 0 Å². The van der Waals surface area contributed by atoms with Gasteiger partial charge in [0.2, 0.25) is 5.91 Å². The number of nitrogens with one attached hydrogen (secondary N) is 1. The van der Waals surface area contributed by atoms with Crippen LogP contribution in [-0.4, -0.2) is 57.8 Å². The molecule has 0 bridgehead atoms. The zero-order valence-electron chi connectivity index (χ0n) is 14.3. The van der Waals surface area contributed by atoms with E-state index in [2.05, 4.69) is 15.5 Å². The van der Waals surface area contributed by atoms with Gasteiger partial charge in [-0.05, 0) is 32.1 Å². The van der Waals surface area contributed by atoms with E-state index < -0.39 is 6.10 Å². The van der Waals surface area contributed by atoms with Gasteiger partial charge in [-0.2, -0.15) is 0 Å². The molecule has 0 spiro atoms. The van der Waals surface area contributed by atoms with E-state index in [1.54, 1.807) is 4.90 Å². The molecule has 1 saturated carbocycles. The Morgan fingerprint density at radius 2 is 2.08 bits per heavy atom. The van der Waals surface area contributed by atoms with Crippen LogP contribution in [-0.2, 0) is 27.9 Å². The molecule has 1 unspecified atom stereocenters. The number of methoxy groups -OCH3 is 1. The average molecular weight is 335 g/mol. The van der Waals surface area contributed by atoms with Crippen molar-refractivity contribution in [1.82, 2.24) is 25.0 Å². The molecule has 8 nitrogen and oxygen atoms in total. The molecule has 3 rings (SSSR count). The lowest BCUT2D eigenvalue weighted by Crippen LogP contribution is -2.44. The first-order valence-electron chi connectivity index (χ1n) is 8.56. The van der Waals surface area contributed by atoms with Gasteiger partial charge in [-0.1, -0.05) is 0 Å². The number of rotatable bonds is 6. The highest BCUT2D eigenvalue weighted by Gasteiger charge is 2.30. The Labute approximate surface area is 141 Å². The Kier molecular flexibility index (Phi) is 5.13. The van der Waals surface area contributed by atoms with E-state index in [1.807, 2.05) is 11.6 Å². The van der Waals surface area contributed by atoms with E-state index in [9.17, 15) is 9.59 Å². The second-order valence-corrected chi connectivity index (χ2v) is 6.56. The Morgan fingerprint density at radius 3 is 2.79 bits per heavy atom. The first-order chi connectivity index (χ1) is 11.6. The van der Waals surface area contributed by atoms with Gasteiger partial charge in [0.25, 0.3) is 5.91 Å². The largest absolute Gasteiger partial charge is 0.372 e. The van der Waals surface area contributed by atoms with Crippen molar-refractivity contribution in [3.63, 3.8) is 0 Å². The van der Waals surface area contributed by atoms with E-state index in [-0.39, 0.29) is 18.4 Å². The molecule has 2 heterocycles. The van der Waals surface area contributed by atoms with Gasteiger partial charge in [0.05, 0.1) is 13.1 Å². The second kappa shape index (κ2) is 7.29. The number of hydrogen-bond acceptors (Lipinski definition) is 5. The Morgan fingerprint density at radius 1 is 1.29 bits per heavy atom. The maximum atomic E-state index is 12.3. The Balaban J connectivity index is 1.52. The number of nitrogens with zero attached hydrogens (tertiary/aromatic N) is 4. The smallest absolute Gasteiger partial charge is 0.252 e. The first kappa shape index (κ1) is 16.9. The number of carbonyl (C=O) groups is 2. The summed E-state index contributed by atoms with van der Waals surface area (Å²) in [5.41, 5.74) is 0. The maximum Gasteiger partial charge on any atom is 0.252 e. The van der Waals surface area contributed by atoms with Gasteiger partial charge < -0.3 is 19.5 Å². The monoisotopic (exact) mass is 335 g/mol. The molecule has 0 aromatic carbocycles. The van der Waals surface area contributed by atoms with E-state index in [1.165, 1.54) is 7.11 Å². The van der Waals surface area contributed by atoms with Gasteiger partial charge >= 0.3 is 0 Å².